The van der Waals surface area contributed by atoms with E-state index in [0.29, 0.717) is 36.2 Å². The highest BCUT2D eigenvalue weighted by Gasteiger charge is 2.33. The van der Waals surface area contributed by atoms with E-state index < -0.39 is 0 Å². The topological polar surface area (TPSA) is 99.2 Å². The van der Waals surface area contributed by atoms with E-state index in [4.69, 9.17) is 9.26 Å². The number of pyridine rings is 1. The number of carbonyl (C=O) groups is 1. The first-order valence-electron chi connectivity index (χ1n) is 8.33. The first-order valence-corrected chi connectivity index (χ1v) is 8.33. The lowest BCUT2D eigenvalue weighted by atomic mass is 10.2. The maximum absolute atomic E-state index is 12.7. The molecule has 1 unspecified atom stereocenters. The zero-order valence-corrected chi connectivity index (χ0v) is 14.5. The maximum Gasteiger partial charge on any atom is 0.276 e. The van der Waals surface area contributed by atoms with Gasteiger partial charge in [0.1, 0.15) is 12.4 Å². The van der Waals surface area contributed by atoms with Crippen molar-refractivity contribution in [2.24, 2.45) is 0 Å². The highest BCUT2D eigenvalue weighted by molar-refractivity contribution is 5.92. The van der Waals surface area contributed by atoms with Crippen LogP contribution in [0.3, 0.4) is 0 Å². The van der Waals surface area contributed by atoms with Gasteiger partial charge in [-0.05, 0) is 19.9 Å². The van der Waals surface area contributed by atoms with Crippen LogP contribution < -0.4 is 4.74 Å². The minimum absolute atomic E-state index is 0.171. The Kier molecular flexibility index (Phi) is 4.11. The average molecular weight is 354 g/mol. The molecule has 9 nitrogen and oxygen atoms in total. The molecule has 3 aromatic heterocycles. The fourth-order valence-electron chi connectivity index (χ4n) is 3.01. The quantitative estimate of drug-likeness (QED) is 0.704. The van der Waals surface area contributed by atoms with Crippen molar-refractivity contribution in [3.05, 3.63) is 53.6 Å². The molecule has 0 fully saturated rings. The molecule has 0 spiro atoms. The summed E-state index contributed by atoms with van der Waals surface area (Å²) in [5.41, 5.74) is 0.307. The summed E-state index contributed by atoms with van der Waals surface area (Å²) < 4.78 is 12.7. The number of fused-ring (bicyclic) bond motifs is 1. The number of hydrogen-bond acceptors (Lipinski definition) is 7. The van der Waals surface area contributed by atoms with Crippen LogP contribution in [0.25, 0.3) is 0 Å². The number of nitrogens with zero attached hydrogens (tertiary/aromatic N) is 6. The van der Waals surface area contributed by atoms with Crippen molar-refractivity contribution < 1.29 is 14.1 Å². The molecule has 134 valence electrons. The van der Waals surface area contributed by atoms with Crippen molar-refractivity contribution in [2.45, 2.75) is 33.0 Å². The third kappa shape index (κ3) is 2.92. The number of rotatable bonds is 4. The molecule has 0 saturated heterocycles. The summed E-state index contributed by atoms with van der Waals surface area (Å²) in [5, 5.41) is 12.3. The SMILES string of the molecule is Cc1cc(C(=O)N2CCn3c(COc4ccccn4)nnc3C2C)no1. The second kappa shape index (κ2) is 6.58. The Labute approximate surface area is 149 Å². The van der Waals surface area contributed by atoms with E-state index in [1.165, 1.54) is 0 Å². The zero-order valence-electron chi connectivity index (χ0n) is 14.5. The van der Waals surface area contributed by atoms with E-state index >= 15 is 0 Å². The van der Waals surface area contributed by atoms with Gasteiger partial charge in [-0.3, -0.25) is 4.79 Å². The van der Waals surface area contributed by atoms with Gasteiger partial charge in [-0.1, -0.05) is 11.2 Å². The van der Waals surface area contributed by atoms with Crippen LogP contribution in [0.5, 0.6) is 5.88 Å². The fourth-order valence-corrected chi connectivity index (χ4v) is 3.01. The predicted molar refractivity (Wildman–Crippen MR) is 89.3 cm³/mol. The number of aromatic nitrogens is 5. The Hall–Kier alpha value is -3.23. The Balaban J connectivity index is 1.50. The molecule has 0 radical (unpaired) electrons. The molecule has 0 saturated carbocycles. The van der Waals surface area contributed by atoms with E-state index in [-0.39, 0.29) is 18.6 Å². The van der Waals surface area contributed by atoms with E-state index in [0.717, 1.165) is 5.82 Å². The largest absolute Gasteiger partial charge is 0.469 e. The highest BCUT2D eigenvalue weighted by atomic mass is 16.5. The number of hydrogen-bond donors (Lipinski definition) is 0. The van der Waals surface area contributed by atoms with Gasteiger partial charge in [-0.25, -0.2) is 4.98 Å². The molecule has 3 aromatic rings. The van der Waals surface area contributed by atoms with Gasteiger partial charge in [0.2, 0.25) is 5.88 Å². The third-order valence-electron chi connectivity index (χ3n) is 4.36. The zero-order chi connectivity index (χ0) is 18.1. The number of ether oxygens (including phenoxy) is 1. The third-order valence-corrected chi connectivity index (χ3v) is 4.36. The summed E-state index contributed by atoms with van der Waals surface area (Å²) in [7, 11) is 0. The Morgan fingerprint density at radius 3 is 2.96 bits per heavy atom. The van der Waals surface area contributed by atoms with Crippen LogP contribution in [0.1, 0.15) is 40.9 Å². The summed E-state index contributed by atoms with van der Waals surface area (Å²) >= 11 is 0. The first kappa shape index (κ1) is 16.2. The highest BCUT2D eigenvalue weighted by Crippen LogP contribution is 2.26. The van der Waals surface area contributed by atoms with Crippen molar-refractivity contribution >= 4 is 5.91 Å². The molecule has 1 aliphatic rings. The monoisotopic (exact) mass is 354 g/mol. The van der Waals surface area contributed by atoms with Crippen molar-refractivity contribution in [3.8, 4) is 5.88 Å². The van der Waals surface area contributed by atoms with Gasteiger partial charge < -0.3 is 18.7 Å². The van der Waals surface area contributed by atoms with Crippen LogP contribution in [0.4, 0.5) is 0 Å². The summed E-state index contributed by atoms with van der Waals surface area (Å²) in [6, 6.07) is 6.90. The molecular weight excluding hydrogens is 336 g/mol. The van der Waals surface area contributed by atoms with Crippen molar-refractivity contribution in [2.75, 3.05) is 6.54 Å². The molecule has 0 aliphatic carbocycles. The number of carbonyl (C=O) groups excluding carboxylic acids is 1. The summed E-state index contributed by atoms with van der Waals surface area (Å²) in [6.07, 6.45) is 1.67. The lowest BCUT2D eigenvalue weighted by Gasteiger charge is -2.33. The molecule has 1 amide bonds. The minimum Gasteiger partial charge on any atom is -0.469 e. The molecule has 4 heterocycles. The summed E-state index contributed by atoms with van der Waals surface area (Å²) in [4.78, 5) is 18.5. The van der Waals surface area contributed by atoms with Crippen molar-refractivity contribution in [3.63, 3.8) is 0 Å². The summed E-state index contributed by atoms with van der Waals surface area (Å²) in [5.74, 6) is 2.41. The van der Waals surface area contributed by atoms with Crippen LogP contribution in [0, 0.1) is 6.92 Å². The van der Waals surface area contributed by atoms with Crippen LogP contribution in [-0.4, -0.2) is 42.3 Å². The lowest BCUT2D eigenvalue weighted by Crippen LogP contribution is -2.41. The molecule has 1 atom stereocenters. The molecule has 0 bridgehead atoms. The second-order valence-corrected chi connectivity index (χ2v) is 6.08. The van der Waals surface area contributed by atoms with Crippen LogP contribution in [-0.2, 0) is 13.2 Å². The normalized spacial score (nSPS) is 16.4. The van der Waals surface area contributed by atoms with E-state index in [1.807, 2.05) is 23.6 Å². The van der Waals surface area contributed by atoms with Gasteiger partial charge in [0, 0.05) is 31.4 Å². The molecule has 0 N–H and O–H groups in total. The molecule has 4 rings (SSSR count). The molecular formula is C17H18N6O3. The van der Waals surface area contributed by atoms with Gasteiger partial charge in [0.15, 0.2) is 17.3 Å². The molecule has 1 aliphatic heterocycles. The number of amides is 1. The van der Waals surface area contributed by atoms with Crippen molar-refractivity contribution in [1.82, 2.24) is 29.8 Å². The lowest BCUT2D eigenvalue weighted by molar-refractivity contribution is 0.0624. The van der Waals surface area contributed by atoms with E-state index in [1.54, 1.807) is 30.2 Å². The standard InChI is InChI=1S/C17H18N6O3/c1-11-9-13(21-26-11)17(24)22-7-8-23-14(19-20-16(23)12(22)2)10-25-15-5-3-4-6-18-15/h3-6,9,12H,7-8,10H2,1-2H3. The average Bonchev–Trinajstić information content (AvgIpc) is 3.27. The minimum atomic E-state index is -0.218. The second-order valence-electron chi connectivity index (χ2n) is 6.08. The van der Waals surface area contributed by atoms with Gasteiger partial charge in [-0.2, -0.15) is 0 Å². The Bertz CT molecular complexity index is 920. The van der Waals surface area contributed by atoms with Crippen LogP contribution >= 0.6 is 0 Å². The van der Waals surface area contributed by atoms with E-state index in [2.05, 4.69) is 20.3 Å². The maximum atomic E-state index is 12.7. The predicted octanol–water partition coefficient (Wildman–Crippen LogP) is 1.77. The molecule has 26 heavy (non-hydrogen) atoms. The van der Waals surface area contributed by atoms with Gasteiger partial charge in [-0.15, -0.1) is 10.2 Å². The van der Waals surface area contributed by atoms with Gasteiger partial charge in [0.05, 0.1) is 6.04 Å². The van der Waals surface area contributed by atoms with Crippen molar-refractivity contribution in [1.29, 1.82) is 0 Å². The molecule has 9 heteroatoms. The molecule has 0 aromatic carbocycles. The van der Waals surface area contributed by atoms with Crippen LogP contribution in [0.2, 0.25) is 0 Å². The van der Waals surface area contributed by atoms with Gasteiger partial charge >= 0.3 is 0 Å². The van der Waals surface area contributed by atoms with Gasteiger partial charge in [0.25, 0.3) is 5.91 Å². The van der Waals surface area contributed by atoms with Crippen LogP contribution in [0.15, 0.2) is 35.0 Å². The Morgan fingerprint density at radius 2 is 2.23 bits per heavy atom. The number of aryl methyl sites for hydroxylation is 1. The smallest absolute Gasteiger partial charge is 0.276 e. The Morgan fingerprint density at radius 1 is 1.35 bits per heavy atom. The van der Waals surface area contributed by atoms with E-state index in [9.17, 15) is 4.79 Å². The summed E-state index contributed by atoms with van der Waals surface area (Å²) in [6.45, 7) is 5.08. The first-order chi connectivity index (χ1) is 12.6. The fraction of sp³-hybridized carbons (Fsp3) is 0.353.